The van der Waals surface area contributed by atoms with E-state index >= 15 is 0 Å². The summed E-state index contributed by atoms with van der Waals surface area (Å²) in [6.45, 7) is 0. The van der Waals surface area contributed by atoms with E-state index in [1.165, 1.54) is 0 Å². The van der Waals surface area contributed by atoms with Crippen LogP contribution >= 0.6 is 0 Å². The molecule has 0 N–H and O–H groups in total. The van der Waals surface area contributed by atoms with Crippen LogP contribution in [0.3, 0.4) is 0 Å². The van der Waals surface area contributed by atoms with Crippen LogP contribution in [0.1, 0.15) is 24.4 Å². The minimum absolute atomic E-state index is 0.0108. The van der Waals surface area contributed by atoms with Gasteiger partial charge in [-0.25, -0.2) is 0 Å². The topological polar surface area (TPSA) is 48.0 Å². The number of rotatable bonds is 4. The number of ether oxygens (including phenoxy) is 3. The highest BCUT2D eigenvalue weighted by Crippen LogP contribution is 2.44. The van der Waals surface area contributed by atoms with Gasteiger partial charge in [0.2, 0.25) is 5.91 Å². The maximum Gasteiger partial charge on any atom is 0.222 e. The van der Waals surface area contributed by atoms with Crippen molar-refractivity contribution in [1.82, 2.24) is 4.90 Å². The summed E-state index contributed by atoms with van der Waals surface area (Å²) in [7, 11) is 6.62. The highest BCUT2D eigenvalue weighted by Gasteiger charge is 2.33. The molecule has 1 amide bonds. The van der Waals surface area contributed by atoms with Crippen LogP contribution in [0.15, 0.2) is 12.1 Å². The van der Waals surface area contributed by atoms with Gasteiger partial charge in [0, 0.05) is 25.6 Å². The number of methoxy groups -OCH3 is 3. The average molecular weight is 265 g/mol. The summed E-state index contributed by atoms with van der Waals surface area (Å²) in [5.74, 6) is 2.18. The molecule has 5 nitrogen and oxygen atoms in total. The van der Waals surface area contributed by atoms with E-state index in [0.29, 0.717) is 23.7 Å². The third kappa shape index (κ3) is 2.32. The minimum Gasteiger partial charge on any atom is -0.496 e. The van der Waals surface area contributed by atoms with Crippen LogP contribution in [-0.2, 0) is 4.79 Å². The van der Waals surface area contributed by atoms with Crippen molar-refractivity contribution in [3.63, 3.8) is 0 Å². The number of carbonyl (C=O) groups is 1. The first-order chi connectivity index (χ1) is 9.12. The second-order valence-electron chi connectivity index (χ2n) is 4.50. The van der Waals surface area contributed by atoms with Gasteiger partial charge in [-0.3, -0.25) is 4.79 Å². The molecule has 0 aliphatic carbocycles. The summed E-state index contributed by atoms with van der Waals surface area (Å²) in [6, 6.07) is 3.62. The first kappa shape index (κ1) is 13.5. The first-order valence-electron chi connectivity index (χ1n) is 6.18. The SMILES string of the molecule is COc1cc(OC)c([C@@H]2CCC(=O)N2C)c(OC)c1. The van der Waals surface area contributed by atoms with Crippen molar-refractivity contribution in [3.8, 4) is 17.2 Å². The lowest BCUT2D eigenvalue weighted by Crippen LogP contribution is -2.23. The Kier molecular flexibility index (Phi) is 3.83. The van der Waals surface area contributed by atoms with E-state index < -0.39 is 0 Å². The summed E-state index contributed by atoms with van der Waals surface area (Å²) in [5.41, 5.74) is 0.902. The van der Waals surface area contributed by atoms with Crippen molar-refractivity contribution in [2.75, 3.05) is 28.4 Å². The third-order valence-corrected chi connectivity index (χ3v) is 3.58. The zero-order valence-electron chi connectivity index (χ0n) is 11.7. The van der Waals surface area contributed by atoms with Gasteiger partial charge in [-0.05, 0) is 6.42 Å². The fourth-order valence-electron chi connectivity index (χ4n) is 2.50. The van der Waals surface area contributed by atoms with Crippen LogP contribution in [0.5, 0.6) is 17.2 Å². The van der Waals surface area contributed by atoms with E-state index in [1.54, 1.807) is 26.2 Å². The molecule has 1 aromatic rings. The molecule has 0 radical (unpaired) electrons. The van der Waals surface area contributed by atoms with E-state index in [2.05, 4.69) is 0 Å². The lowest BCUT2D eigenvalue weighted by Gasteiger charge is -2.24. The monoisotopic (exact) mass is 265 g/mol. The number of nitrogens with zero attached hydrogens (tertiary/aromatic N) is 1. The Labute approximate surface area is 113 Å². The van der Waals surface area contributed by atoms with Gasteiger partial charge in [0.05, 0.1) is 32.9 Å². The van der Waals surface area contributed by atoms with Crippen LogP contribution in [0.4, 0.5) is 0 Å². The molecule has 0 unspecified atom stereocenters. The summed E-state index contributed by atoms with van der Waals surface area (Å²) in [5, 5.41) is 0. The summed E-state index contributed by atoms with van der Waals surface area (Å²) < 4.78 is 16.1. The summed E-state index contributed by atoms with van der Waals surface area (Å²) >= 11 is 0. The van der Waals surface area contributed by atoms with Gasteiger partial charge >= 0.3 is 0 Å². The van der Waals surface area contributed by atoms with Gasteiger partial charge < -0.3 is 19.1 Å². The molecule has 104 valence electrons. The number of benzene rings is 1. The lowest BCUT2D eigenvalue weighted by molar-refractivity contribution is -0.127. The molecule has 0 spiro atoms. The molecule has 0 saturated carbocycles. The second-order valence-corrected chi connectivity index (χ2v) is 4.50. The van der Waals surface area contributed by atoms with Crippen molar-refractivity contribution in [3.05, 3.63) is 17.7 Å². The van der Waals surface area contributed by atoms with E-state index in [4.69, 9.17) is 14.2 Å². The number of carbonyl (C=O) groups excluding carboxylic acids is 1. The molecule has 1 aliphatic rings. The zero-order chi connectivity index (χ0) is 14.0. The van der Waals surface area contributed by atoms with Crippen LogP contribution in [-0.4, -0.2) is 39.2 Å². The van der Waals surface area contributed by atoms with Gasteiger partial charge in [0.1, 0.15) is 17.2 Å². The van der Waals surface area contributed by atoms with Gasteiger partial charge in [0.25, 0.3) is 0 Å². The van der Waals surface area contributed by atoms with E-state index in [0.717, 1.165) is 12.0 Å². The van der Waals surface area contributed by atoms with Gasteiger partial charge in [-0.1, -0.05) is 0 Å². The highest BCUT2D eigenvalue weighted by atomic mass is 16.5. The van der Waals surface area contributed by atoms with Crippen molar-refractivity contribution in [2.45, 2.75) is 18.9 Å². The number of hydrogen-bond donors (Lipinski definition) is 0. The van der Waals surface area contributed by atoms with Crippen LogP contribution in [0.2, 0.25) is 0 Å². The Bertz CT molecular complexity index is 461. The first-order valence-corrected chi connectivity index (χ1v) is 6.18. The summed E-state index contributed by atoms with van der Waals surface area (Å²) in [6.07, 6.45) is 1.33. The van der Waals surface area contributed by atoms with E-state index in [1.807, 2.05) is 19.2 Å². The number of hydrogen-bond acceptors (Lipinski definition) is 4. The van der Waals surface area contributed by atoms with Crippen molar-refractivity contribution in [1.29, 1.82) is 0 Å². The standard InChI is InChI=1S/C14H19NO4/c1-15-10(5-6-13(15)16)14-11(18-3)7-9(17-2)8-12(14)19-4/h7-8,10H,5-6H2,1-4H3/t10-/m0/s1. The predicted octanol–water partition coefficient (Wildman–Crippen LogP) is 2.01. The molecule has 0 aromatic heterocycles. The predicted molar refractivity (Wildman–Crippen MR) is 70.8 cm³/mol. The quantitative estimate of drug-likeness (QED) is 0.835. The molecule has 19 heavy (non-hydrogen) atoms. The van der Waals surface area contributed by atoms with Crippen molar-refractivity contribution in [2.24, 2.45) is 0 Å². The molecule has 1 heterocycles. The molecule has 1 atom stereocenters. The second kappa shape index (κ2) is 5.38. The molecule has 1 saturated heterocycles. The van der Waals surface area contributed by atoms with Crippen LogP contribution < -0.4 is 14.2 Å². The van der Waals surface area contributed by atoms with Crippen LogP contribution in [0, 0.1) is 0 Å². The maximum absolute atomic E-state index is 11.7. The van der Waals surface area contributed by atoms with Gasteiger partial charge in [-0.15, -0.1) is 0 Å². The molecule has 5 heteroatoms. The van der Waals surface area contributed by atoms with Crippen LogP contribution in [0.25, 0.3) is 0 Å². The average Bonchev–Trinajstić information content (AvgIpc) is 2.77. The number of amides is 1. The normalized spacial score (nSPS) is 18.6. The van der Waals surface area contributed by atoms with E-state index in [-0.39, 0.29) is 11.9 Å². The van der Waals surface area contributed by atoms with Crippen molar-refractivity contribution >= 4 is 5.91 Å². The molecule has 0 bridgehead atoms. The third-order valence-electron chi connectivity index (χ3n) is 3.58. The fourth-order valence-corrected chi connectivity index (χ4v) is 2.50. The molecular formula is C14H19NO4. The Morgan fingerprint density at radius 1 is 1.11 bits per heavy atom. The highest BCUT2D eigenvalue weighted by molar-refractivity contribution is 5.79. The Balaban J connectivity index is 2.51. The molecular weight excluding hydrogens is 246 g/mol. The van der Waals surface area contributed by atoms with E-state index in [9.17, 15) is 4.79 Å². The Hall–Kier alpha value is -1.91. The molecule has 1 aliphatic heterocycles. The largest absolute Gasteiger partial charge is 0.496 e. The van der Waals surface area contributed by atoms with Gasteiger partial charge in [0.15, 0.2) is 0 Å². The fraction of sp³-hybridized carbons (Fsp3) is 0.500. The molecule has 2 rings (SSSR count). The molecule has 1 aromatic carbocycles. The Morgan fingerprint density at radius 3 is 2.05 bits per heavy atom. The number of likely N-dealkylation sites (tertiary alicyclic amines) is 1. The Morgan fingerprint density at radius 2 is 1.68 bits per heavy atom. The maximum atomic E-state index is 11.7. The van der Waals surface area contributed by atoms with Gasteiger partial charge in [-0.2, -0.15) is 0 Å². The summed E-state index contributed by atoms with van der Waals surface area (Å²) in [4.78, 5) is 13.4. The smallest absolute Gasteiger partial charge is 0.222 e. The zero-order valence-corrected chi connectivity index (χ0v) is 11.7. The lowest BCUT2D eigenvalue weighted by atomic mass is 10.0. The minimum atomic E-state index is -0.0108. The van der Waals surface area contributed by atoms with Crippen molar-refractivity contribution < 1.29 is 19.0 Å². The molecule has 1 fully saturated rings.